The molecular weight excluding hydrogens is 667 g/mol. The maximum Gasteiger partial charge on any atom is 0.280 e. The van der Waals surface area contributed by atoms with E-state index in [-0.39, 0.29) is 36.1 Å². The van der Waals surface area contributed by atoms with Gasteiger partial charge in [0.05, 0.1) is 39.8 Å². The first-order chi connectivity index (χ1) is 24.2. The summed E-state index contributed by atoms with van der Waals surface area (Å²) in [5.74, 6) is 0.219. The van der Waals surface area contributed by atoms with Crippen LogP contribution in [0.1, 0.15) is 25.0 Å². The smallest absolute Gasteiger partial charge is 0.280 e. The average Bonchev–Trinajstić information content (AvgIpc) is 3.69. The van der Waals surface area contributed by atoms with Gasteiger partial charge in [-0.2, -0.15) is 19.5 Å². The van der Waals surface area contributed by atoms with Gasteiger partial charge in [-0.05, 0) is 75.4 Å². The van der Waals surface area contributed by atoms with E-state index in [4.69, 9.17) is 14.9 Å². The van der Waals surface area contributed by atoms with Gasteiger partial charge < -0.3 is 4.74 Å². The number of nitrogens with zero attached hydrogens (tertiary/aromatic N) is 5. The summed E-state index contributed by atoms with van der Waals surface area (Å²) >= 11 is 1.61. The lowest BCUT2D eigenvalue weighted by Crippen LogP contribution is -2.48. The summed E-state index contributed by atoms with van der Waals surface area (Å²) in [5.41, 5.74) is 5.56. The first-order valence-corrected chi connectivity index (χ1v) is 18.9. The Labute approximate surface area is 296 Å². The van der Waals surface area contributed by atoms with Crippen LogP contribution in [-0.2, 0) is 19.6 Å². The van der Waals surface area contributed by atoms with Crippen LogP contribution < -0.4 is 5.01 Å². The van der Waals surface area contributed by atoms with Crippen LogP contribution in [0.25, 0.3) is 23.0 Å². The van der Waals surface area contributed by atoms with Gasteiger partial charge in [0.2, 0.25) is 10.0 Å². The molecule has 2 unspecified atom stereocenters. The molecule has 1 saturated heterocycles. The summed E-state index contributed by atoms with van der Waals surface area (Å²) in [6.07, 6.45) is 3.27. The maximum atomic E-state index is 14.1. The van der Waals surface area contributed by atoms with E-state index >= 15 is 0 Å². The fourth-order valence-electron chi connectivity index (χ4n) is 6.11. The highest BCUT2D eigenvalue weighted by atomic mass is 32.2. The molecule has 2 aliphatic heterocycles. The monoisotopic (exact) mass is 703 g/mol. The number of morpholine rings is 1. The molecule has 7 rings (SSSR count). The Morgan fingerprint density at radius 3 is 2.20 bits per heavy atom. The second-order valence-electron chi connectivity index (χ2n) is 12.5. The predicted molar refractivity (Wildman–Crippen MR) is 199 cm³/mol. The van der Waals surface area contributed by atoms with E-state index < -0.39 is 10.0 Å². The van der Waals surface area contributed by atoms with Gasteiger partial charge in [-0.3, -0.25) is 4.79 Å². The molecule has 2 atom stereocenters. The lowest BCUT2D eigenvalue weighted by Gasteiger charge is -2.34. The third kappa shape index (κ3) is 7.08. The van der Waals surface area contributed by atoms with Crippen LogP contribution in [0.2, 0.25) is 0 Å². The first kappa shape index (κ1) is 33.7. The number of aromatic nitrogens is 2. The number of benzene rings is 4. The minimum absolute atomic E-state index is 0.174. The molecule has 5 aromatic rings. The number of hydrazone groups is 1. The highest BCUT2D eigenvalue weighted by molar-refractivity contribution is 8.00. The summed E-state index contributed by atoms with van der Waals surface area (Å²) in [4.78, 5) is 15.4. The fourth-order valence-corrected chi connectivity index (χ4v) is 8.59. The molecule has 0 saturated carbocycles. The molecule has 4 aromatic carbocycles. The molecule has 1 amide bonds. The van der Waals surface area contributed by atoms with Gasteiger partial charge in [0.25, 0.3) is 5.91 Å². The zero-order valence-corrected chi connectivity index (χ0v) is 29.6. The van der Waals surface area contributed by atoms with Gasteiger partial charge >= 0.3 is 0 Å². The number of hydrogen-bond acceptors (Lipinski definition) is 7. The van der Waals surface area contributed by atoms with Crippen molar-refractivity contribution in [3.63, 3.8) is 0 Å². The Kier molecular flexibility index (Phi) is 9.56. The molecule has 0 bridgehead atoms. The van der Waals surface area contributed by atoms with E-state index in [1.807, 2.05) is 92.9 Å². The van der Waals surface area contributed by atoms with Crippen LogP contribution in [0.15, 0.2) is 136 Å². The number of hydrogen-bond donors (Lipinski definition) is 0. The van der Waals surface area contributed by atoms with Gasteiger partial charge in [-0.15, -0.1) is 11.8 Å². The SMILES string of the molecule is Cc1ccc(SCC2=NN(c3ccccc3)C(=O)/C2=C\c2cn(-c3ccccc3)nc2-c2cccc(S(=O)(=O)N3CC(C)OC(C)C3)c2)cc1. The number of carbonyl (C=O) groups is 1. The fraction of sp³-hybridized carbons (Fsp3) is 0.205. The molecule has 2 aliphatic rings. The van der Waals surface area contributed by atoms with Crippen molar-refractivity contribution in [2.75, 3.05) is 23.9 Å². The predicted octanol–water partition coefficient (Wildman–Crippen LogP) is 7.22. The number of sulfonamides is 1. The van der Waals surface area contributed by atoms with Crippen molar-refractivity contribution in [1.29, 1.82) is 0 Å². The van der Waals surface area contributed by atoms with Gasteiger partial charge in [0, 0.05) is 41.1 Å². The highest BCUT2D eigenvalue weighted by Gasteiger charge is 2.34. The topological polar surface area (TPSA) is 97.1 Å². The Hall–Kier alpha value is -4.81. The molecule has 0 N–H and O–H groups in total. The van der Waals surface area contributed by atoms with Crippen LogP contribution in [0.3, 0.4) is 0 Å². The second kappa shape index (κ2) is 14.2. The molecule has 254 valence electrons. The number of anilines is 1. The van der Waals surface area contributed by atoms with Gasteiger partial charge in [-0.1, -0.05) is 66.2 Å². The largest absolute Gasteiger partial charge is 0.373 e. The number of aryl methyl sites for hydroxylation is 1. The number of rotatable bonds is 9. The van der Waals surface area contributed by atoms with Crippen molar-refractivity contribution in [3.05, 3.63) is 132 Å². The van der Waals surface area contributed by atoms with Gasteiger partial charge in [0.1, 0.15) is 5.69 Å². The van der Waals surface area contributed by atoms with Gasteiger partial charge in [0.15, 0.2) is 0 Å². The van der Waals surface area contributed by atoms with Crippen LogP contribution in [0.4, 0.5) is 5.69 Å². The lowest BCUT2D eigenvalue weighted by atomic mass is 10.0. The zero-order chi connectivity index (χ0) is 34.8. The Morgan fingerprint density at radius 2 is 1.52 bits per heavy atom. The summed E-state index contributed by atoms with van der Waals surface area (Å²) < 4.78 is 36.8. The number of thioether (sulfide) groups is 1. The third-order valence-corrected chi connectivity index (χ3v) is 11.4. The molecule has 0 aliphatic carbocycles. The minimum Gasteiger partial charge on any atom is -0.373 e. The van der Waals surface area contributed by atoms with E-state index in [1.165, 1.54) is 14.9 Å². The van der Waals surface area contributed by atoms with E-state index in [9.17, 15) is 13.2 Å². The number of carbonyl (C=O) groups excluding carboxylic acids is 1. The summed E-state index contributed by atoms with van der Waals surface area (Å²) in [6, 6.07) is 34.2. The molecule has 1 aromatic heterocycles. The minimum atomic E-state index is -3.81. The van der Waals surface area contributed by atoms with E-state index in [2.05, 4.69) is 31.2 Å². The second-order valence-corrected chi connectivity index (χ2v) is 15.5. The average molecular weight is 704 g/mol. The number of ether oxygens (including phenoxy) is 1. The van der Waals surface area contributed by atoms with E-state index in [0.717, 1.165) is 10.6 Å². The van der Waals surface area contributed by atoms with Crippen molar-refractivity contribution >= 4 is 45.2 Å². The molecular formula is C39H37N5O4S2. The van der Waals surface area contributed by atoms with Crippen molar-refractivity contribution in [2.24, 2.45) is 5.10 Å². The zero-order valence-electron chi connectivity index (χ0n) is 28.0. The molecule has 9 nitrogen and oxygen atoms in total. The van der Waals surface area contributed by atoms with Gasteiger partial charge in [-0.25, -0.2) is 13.1 Å². The Balaban J connectivity index is 1.31. The third-order valence-electron chi connectivity index (χ3n) is 8.55. The first-order valence-electron chi connectivity index (χ1n) is 16.5. The van der Waals surface area contributed by atoms with Crippen LogP contribution in [0, 0.1) is 6.92 Å². The maximum absolute atomic E-state index is 14.1. The van der Waals surface area contributed by atoms with Crippen LogP contribution in [0.5, 0.6) is 0 Å². The summed E-state index contributed by atoms with van der Waals surface area (Å²) in [7, 11) is -3.81. The quantitative estimate of drug-likeness (QED) is 0.119. The Bertz CT molecular complexity index is 2170. The molecule has 0 radical (unpaired) electrons. The number of amides is 1. The Morgan fingerprint density at radius 1 is 0.860 bits per heavy atom. The standard InChI is InChI=1S/C39H37N5O4S2/c1-27-17-19-34(20-18-27)49-26-37-36(39(45)44(40-37)33-14-8-5-9-15-33)22-31-25-43(32-12-6-4-7-13-32)41-38(31)30-11-10-16-35(21-30)50(46,47)42-23-28(2)48-29(3)24-42/h4-22,25,28-29H,23-24,26H2,1-3H3/b36-22-. The van der Waals surface area contributed by atoms with Crippen molar-refractivity contribution < 1.29 is 17.9 Å². The number of para-hydroxylation sites is 2. The van der Waals surface area contributed by atoms with Crippen LogP contribution in [-0.4, -0.2) is 65.2 Å². The van der Waals surface area contributed by atoms with E-state index in [1.54, 1.807) is 34.6 Å². The molecule has 50 heavy (non-hydrogen) atoms. The molecule has 3 heterocycles. The van der Waals surface area contributed by atoms with Crippen molar-refractivity contribution in [3.8, 4) is 16.9 Å². The lowest BCUT2D eigenvalue weighted by molar-refractivity contribution is -0.114. The highest BCUT2D eigenvalue weighted by Crippen LogP contribution is 2.33. The van der Waals surface area contributed by atoms with Crippen molar-refractivity contribution in [2.45, 2.75) is 42.8 Å². The van der Waals surface area contributed by atoms with Crippen LogP contribution >= 0.6 is 11.8 Å². The summed E-state index contributed by atoms with van der Waals surface area (Å²) in [5, 5.41) is 11.2. The van der Waals surface area contributed by atoms with Crippen molar-refractivity contribution in [1.82, 2.24) is 14.1 Å². The summed E-state index contributed by atoms with van der Waals surface area (Å²) in [6.45, 7) is 6.36. The molecule has 0 spiro atoms. The molecule has 11 heteroatoms. The normalized spacial score (nSPS) is 19.3. The van der Waals surface area contributed by atoms with E-state index in [0.29, 0.717) is 39.5 Å². The molecule has 1 fully saturated rings.